The fourth-order valence-corrected chi connectivity index (χ4v) is 2.77. The molecule has 0 saturated heterocycles. The monoisotopic (exact) mass is 268 g/mol. The van der Waals surface area contributed by atoms with Gasteiger partial charge in [0.25, 0.3) is 0 Å². The van der Waals surface area contributed by atoms with Crippen molar-refractivity contribution in [2.24, 2.45) is 0 Å². The van der Waals surface area contributed by atoms with Crippen molar-refractivity contribution in [3.63, 3.8) is 0 Å². The maximum absolute atomic E-state index is 10.0. The molecule has 0 aromatic heterocycles. The summed E-state index contributed by atoms with van der Waals surface area (Å²) < 4.78 is 5.81. The van der Waals surface area contributed by atoms with Crippen molar-refractivity contribution in [2.45, 2.75) is 31.8 Å². The molecule has 3 rings (SSSR count). The second-order valence-corrected chi connectivity index (χ2v) is 5.35. The summed E-state index contributed by atoms with van der Waals surface area (Å²) in [6, 6.07) is 16.5. The van der Waals surface area contributed by atoms with Crippen molar-refractivity contribution in [3.8, 4) is 5.75 Å². The van der Waals surface area contributed by atoms with Crippen LogP contribution in [0.2, 0.25) is 0 Å². The van der Waals surface area contributed by atoms with Gasteiger partial charge in [-0.2, -0.15) is 0 Å². The number of aliphatic hydroxyl groups is 1. The van der Waals surface area contributed by atoms with Gasteiger partial charge in [-0.15, -0.1) is 0 Å². The molecule has 1 atom stereocenters. The minimum Gasteiger partial charge on any atom is -0.493 e. The van der Waals surface area contributed by atoms with E-state index in [0.717, 1.165) is 37.0 Å². The van der Waals surface area contributed by atoms with E-state index in [1.807, 2.05) is 30.3 Å². The molecule has 1 aliphatic carbocycles. The lowest BCUT2D eigenvalue weighted by Crippen LogP contribution is -2.10. The predicted molar refractivity (Wildman–Crippen MR) is 80.0 cm³/mol. The van der Waals surface area contributed by atoms with E-state index < -0.39 is 0 Å². The van der Waals surface area contributed by atoms with Crippen LogP contribution in [0.1, 0.15) is 35.6 Å². The highest BCUT2D eigenvalue weighted by Gasteiger charge is 2.18. The molecule has 1 N–H and O–H groups in total. The minimum absolute atomic E-state index is 0.323. The van der Waals surface area contributed by atoms with Crippen LogP contribution < -0.4 is 4.74 Å². The highest BCUT2D eigenvalue weighted by atomic mass is 16.5. The first-order valence-corrected chi connectivity index (χ1v) is 7.30. The number of rotatable bonds is 4. The summed E-state index contributed by atoms with van der Waals surface area (Å²) in [5.41, 5.74) is 3.60. The quantitative estimate of drug-likeness (QED) is 0.916. The first kappa shape index (κ1) is 13.2. The highest BCUT2D eigenvalue weighted by molar-refractivity contribution is 5.38. The van der Waals surface area contributed by atoms with Gasteiger partial charge in [-0.1, -0.05) is 36.4 Å². The fraction of sp³-hybridized carbons (Fsp3) is 0.333. The third-order valence-electron chi connectivity index (χ3n) is 3.90. The Morgan fingerprint density at radius 3 is 2.80 bits per heavy atom. The van der Waals surface area contributed by atoms with Crippen LogP contribution in [0.3, 0.4) is 0 Å². The van der Waals surface area contributed by atoms with Gasteiger partial charge in [-0.25, -0.2) is 0 Å². The predicted octanol–water partition coefficient (Wildman–Crippen LogP) is 3.68. The summed E-state index contributed by atoms with van der Waals surface area (Å²) in [6.45, 7) is 0.666. The van der Waals surface area contributed by atoms with Crippen molar-refractivity contribution < 1.29 is 9.84 Å². The number of aliphatic hydroxyl groups excluding tert-OH is 1. The molecule has 2 aromatic carbocycles. The molecule has 0 fully saturated rings. The summed E-state index contributed by atoms with van der Waals surface area (Å²) in [7, 11) is 0. The van der Waals surface area contributed by atoms with E-state index in [4.69, 9.17) is 4.74 Å². The first-order chi connectivity index (χ1) is 9.83. The van der Waals surface area contributed by atoms with Crippen LogP contribution in [0.5, 0.6) is 5.75 Å². The van der Waals surface area contributed by atoms with E-state index in [-0.39, 0.29) is 6.10 Å². The largest absolute Gasteiger partial charge is 0.493 e. The summed E-state index contributed by atoms with van der Waals surface area (Å²) in [6.07, 6.45) is 3.58. The number of fused-ring (bicyclic) bond motifs is 1. The molecule has 0 saturated carbocycles. The van der Waals surface area contributed by atoms with Gasteiger partial charge in [0.1, 0.15) is 5.75 Å². The molecule has 0 amide bonds. The number of aryl methyl sites for hydroxylation is 1. The lowest BCUT2D eigenvalue weighted by molar-refractivity contribution is 0.156. The molecular formula is C18H20O2. The standard InChI is InChI=1S/C18H20O2/c19-18-8-4-7-15-9-10-16(13-17(15)18)20-12-11-14-5-2-1-3-6-14/h1-3,5-6,9-10,13,18-19H,4,7-8,11-12H2/t18-/m0/s1. The average Bonchev–Trinajstić information content (AvgIpc) is 2.49. The second-order valence-electron chi connectivity index (χ2n) is 5.35. The maximum atomic E-state index is 10.0. The third kappa shape index (κ3) is 3.02. The zero-order valence-electron chi connectivity index (χ0n) is 11.6. The Morgan fingerprint density at radius 1 is 1.10 bits per heavy atom. The van der Waals surface area contributed by atoms with Crippen molar-refractivity contribution in [1.82, 2.24) is 0 Å². The van der Waals surface area contributed by atoms with Gasteiger partial charge in [0, 0.05) is 6.42 Å². The van der Waals surface area contributed by atoms with Crippen molar-refractivity contribution in [3.05, 3.63) is 65.2 Å². The molecule has 1 aliphatic rings. The SMILES string of the molecule is O[C@H]1CCCc2ccc(OCCc3ccccc3)cc21. The van der Waals surface area contributed by atoms with Crippen molar-refractivity contribution in [1.29, 1.82) is 0 Å². The first-order valence-electron chi connectivity index (χ1n) is 7.30. The average molecular weight is 268 g/mol. The zero-order chi connectivity index (χ0) is 13.8. The lowest BCUT2D eigenvalue weighted by Gasteiger charge is -2.22. The maximum Gasteiger partial charge on any atom is 0.119 e. The minimum atomic E-state index is -0.323. The molecule has 0 radical (unpaired) electrons. The molecule has 20 heavy (non-hydrogen) atoms. The lowest BCUT2D eigenvalue weighted by atomic mass is 9.89. The molecule has 2 heteroatoms. The van der Waals surface area contributed by atoms with Gasteiger partial charge < -0.3 is 9.84 Å². The molecule has 0 aliphatic heterocycles. The second kappa shape index (κ2) is 6.10. The van der Waals surface area contributed by atoms with Gasteiger partial charge >= 0.3 is 0 Å². The van der Waals surface area contributed by atoms with Crippen LogP contribution in [0, 0.1) is 0 Å². The van der Waals surface area contributed by atoms with E-state index in [9.17, 15) is 5.11 Å². The van der Waals surface area contributed by atoms with Gasteiger partial charge in [0.05, 0.1) is 12.7 Å². The van der Waals surface area contributed by atoms with E-state index in [1.165, 1.54) is 11.1 Å². The van der Waals surface area contributed by atoms with Crippen LogP contribution >= 0.6 is 0 Å². The number of hydrogen-bond acceptors (Lipinski definition) is 2. The number of hydrogen-bond donors (Lipinski definition) is 1. The van der Waals surface area contributed by atoms with Crippen molar-refractivity contribution in [2.75, 3.05) is 6.61 Å². The smallest absolute Gasteiger partial charge is 0.119 e. The molecule has 2 nitrogen and oxygen atoms in total. The Bertz CT molecular complexity index is 563. The molecule has 104 valence electrons. The summed E-state index contributed by atoms with van der Waals surface area (Å²) in [4.78, 5) is 0. The van der Waals surface area contributed by atoms with Crippen molar-refractivity contribution >= 4 is 0 Å². The molecule has 2 aromatic rings. The molecular weight excluding hydrogens is 248 g/mol. The molecule has 0 spiro atoms. The Morgan fingerprint density at radius 2 is 1.95 bits per heavy atom. The van der Waals surface area contributed by atoms with E-state index in [1.54, 1.807) is 0 Å². The number of ether oxygens (including phenoxy) is 1. The third-order valence-corrected chi connectivity index (χ3v) is 3.90. The highest BCUT2D eigenvalue weighted by Crippen LogP contribution is 2.32. The summed E-state index contributed by atoms with van der Waals surface area (Å²) in [5.74, 6) is 0.862. The molecule has 0 heterocycles. The van der Waals surface area contributed by atoms with E-state index in [0.29, 0.717) is 6.61 Å². The van der Waals surface area contributed by atoms with Gasteiger partial charge in [-0.05, 0) is 48.1 Å². The Kier molecular flexibility index (Phi) is 4.03. The molecule has 0 bridgehead atoms. The topological polar surface area (TPSA) is 29.5 Å². The zero-order valence-corrected chi connectivity index (χ0v) is 11.6. The van der Waals surface area contributed by atoms with E-state index in [2.05, 4.69) is 18.2 Å². The molecule has 0 unspecified atom stereocenters. The van der Waals surface area contributed by atoms with Crippen LogP contribution in [0.25, 0.3) is 0 Å². The van der Waals surface area contributed by atoms with Gasteiger partial charge in [-0.3, -0.25) is 0 Å². The fourth-order valence-electron chi connectivity index (χ4n) is 2.77. The van der Waals surface area contributed by atoms with Crippen LogP contribution in [-0.2, 0) is 12.8 Å². The normalized spacial score (nSPS) is 17.6. The Balaban J connectivity index is 1.62. The number of benzene rings is 2. The van der Waals surface area contributed by atoms with E-state index >= 15 is 0 Å². The van der Waals surface area contributed by atoms with Crippen LogP contribution in [0.4, 0.5) is 0 Å². The van der Waals surface area contributed by atoms with Crippen LogP contribution in [0.15, 0.2) is 48.5 Å². The van der Waals surface area contributed by atoms with Crippen LogP contribution in [-0.4, -0.2) is 11.7 Å². The Labute approximate surface area is 120 Å². The summed E-state index contributed by atoms with van der Waals surface area (Å²) >= 11 is 0. The Hall–Kier alpha value is -1.80. The summed E-state index contributed by atoms with van der Waals surface area (Å²) in [5, 5.41) is 10.0. The van der Waals surface area contributed by atoms with Gasteiger partial charge in [0.15, 0.2) is 0 Å². The van der Waals surface area contributed by atoms with Gasteiger partial charge in [0.2, 0.25) is 0 Å².